The molecule has 0 radical (unpaired) electrons. The molecule has 23 heavy (non-hydrogen) atoms. The van der Waals surface area contributed by atoms with Gasteiger partial charge in [-0.05, 0) is 73.8 Å². The van der Waals surface area contributed by atoms with E-state index in [1.807, 2.05) is 0 Å². The number of phenols is 1. The third-order valence-corrected chi connectivity index (χ3v) is 4.38. The van der Waals surface area contributed by atoms with Crippen molar-refractivity contribution in [1.82, 2.24) is 9.97 Å². The maximum atomic E-state index is 13.2. The van der Waals surface area contributed by atoms with E-state index in [-0.39, 0.29) is 11.6 Å². The minimum atomic E-state index is -0.374. The number of aromatic nitrogens is 2. The minimum absolute atomic E-state index is 0.0832. The number of benzene rings is 2. The number of fused-ring (bicyclic) bond motifs is 1. The first kappa shape index (κ1) is 15.7. The maximum Gasteiger partial charge on any atom is 0.149 e. The third kappa shape index (κ3) is 3.14. The molecular weight excluding hydrogens is 429 g/mol. The van der Waals surface area contributed by atoms with Crippen molar-refractivity contribution in [3.63, 3.8) is 0 Å². The van der Waals surface area contributed by atoms with Gasteiger partial charge >= 0.3 is 0 Å². The van der Waals surface area contributed by atoms with Crippen LogP contribution in [0.3, 0.4) is 0 Å². The summed E-state index contributed by atoms with van der Waals surface area (Å²) in [5.74, 6) is 0.0647. The van der Waals surface area contributed by atoms with Gasteiger partial charge in [-0.15, -0.1) is 0 Å². The predicted octanol–water partition coefficient (Wildman–Crippen LogP) is 5.00. The smallest absolute Gasteiger partial charge is 0.149 e. The fourth-order valence-corrected chi connectivity index (χ4v) is 3.32. The molecule has 2 N–H and O–H groups in total. The van der Waals surface area contributed by atoms with Crippen molar-refractivity contribution in [2.24, 2.45) is 0 Å². The molecule has 4 nitrogen and oxygen atoms in total. The van der Waals surface area contributed by atoms with E-state index in [4.69, 9.17) is 0 Å². The summed E-state index contributed by atoms with van der Waals surface area (Å²) in [6.45, 7) is 0. The highest BCUT2D eigenvalue weighted by Gasteiger charge is 2.10. The number of allylic oxidation sites excluding steroid dienone is 1. The Hall–Kier alpha value is -2.17. The molecule has 0 saturated heterocycles. The lowest BCUT2D eigenvalue weighted by Crippen LogP contribution is -1.85. The zero-order valence-electron chi connectivity index (χ0n) is 11.4. The first-order valence-electron chi connectivity index (χ1n) is 6.43. The van der Waals surface area contributed by atoms with Crippen LogP contribution in [-0.4, -0.2) is 15.1 Å². The summed E-state index contributed by atoms with van der Waals surface area (Å²) < 4.78 is 14.2. The molecule has 0 bridgehead atoms. The van der Waals surface area contributed by atoms with Crippen LogP contribution in [0.4, 0.5) is 4.39 Å². The molecule has 1 heterocycles. The third-order valence-electron chi connectivity index (χ3n) is 3.17. The number of hydrogen-bond donors (Lipinski definition) is 2. The molecule has 7 heteroatoms. The van der Waals surface area contributed by atoms with Crippen LogP contribution in [0.25, 0.3) is 22.7 Å². The SMILES string of the molecule is N#C/C(=C/c1cc(Br)c(O)c(Br)c1)c1nc2ccc(F)cc2[nH]1. The fraction of sp³-hybridized carbons (Fsp3) is 0. The summed E-state index contributed by atoms with van der Waals surface area (Å²) in [5.41, 5.74) is 2.10. The highest BCUT2D eigenvalue weighted by Crippen LogP contribution is 2.34. The van der Waals surface area contributed by atoms with E-state index in [2.05, 4.69) is 47.9 Å². The van der Waals surface area contributed by atoms with Crippen molar-refractivity contribution in [2.45, 2.75) is 0 Å². The second-order valence-electron chi connectivity index (χ2n) is 4.75. The number of imidazole rings is 1. The second-order valence-corrected chi connectivity index (χ2v) is 6.46. The van der Waals surface area contributed by atoms with E-state index in [9.17, 15) is 14.8 Å². The van der Waals surface area contributed by atoms with E-state index >= 15 is 0 Å². The van der Waals surface area contributed by atoms with E-state index in [1.165, 1.54) is 12.1 Å². The van der Waals surface area contributed by atoms with Crippen molar-refractivity contribution in [3.8, 4) is 11.8 Å². The van der Waals surface area contributed by atoms with Gasteiger partial charge in [-0.25, -0.2) is 9.37 Å². The van der Waals surface area contributed by atoms with Crippen molar-refractivity contribution in [2.75, 3.05) is 0 Å². The number of hydrogen-bond acceptors (Lipinski definition) is 3. The van der Waals surface area contributed by atoms with Gasteiger partial charge in [-0.2, -0.15) is 5.26 Å². The molecule has 114 valence electrons. The quantitative estimate of drug-likeness (QED) is 0.555. The number of H-pyrrole nitrogens is 1. The lowest BCUT2D eigenvalue weighted by Gasteiger charge is -2.03. The highest BCUT2D eigenvalue weighted by molar-refractivity contribution is 9.11. The zero-order chi connectivity index (χ0) is 16.6. The second kappa shape index (κ2) is 6.14. The summed E-state index contributed by atoms with van der Waals surface area (Å²) >= 11 is 6.49. The van der Waals surface area contributed by atoms with Crippen LogP contribution in [0.15, 0.2) is 39.3 Å². The monoisotopic (exact) mass is 435 g/mol. The lowest BCUT2D eigenvalue weighted by molar-refractivity contribution is 0.468. The molecular formula is C16H8Br2FN3O. The van der Waals surface area contributed by atoms with Gasteiger partial charge in [-0.1, -0.05) is 0 Å². The Morgan fingerprint density at radius 3 is 2.61 bits per heavy atom. The van der Waals surface area contributed by atoms with Gasteiger partial charge in [0.2, 0.25) is 0 Å². The van der Waals surface area contributed by atoms with Crippen LogP contribution in [-0.2, 0) is 0 Å². The minimum Gasteiger partial charge on any atom is -0.506 e. The number of aromatic amines is 1. The Morgan fingerprint density at radius 2 is 1.96 bits per heavy atom. The maximum absolute atomic E-state index is 13.2. The Kier molecular flexibility index (Phi) is 4.20. The lowest BCUT2D eigenvalue weighted by atomic mass is 10.1. The van der Waals surface area contributed by atoms with Gasteiger partial charge < -0.3 is 10.1 Å². The van der Waals surface area contributed by atoms with Crippen molar-refractivity contribution in [3.05, 3.63) is 56.5 Å². The summed E-state index contributed by atoms with van der Waals surface area (Å²) in [7, 11) is 0. The number of aromatic hydroxyl groups is 1. The molecule has 3 rings (SSSR count). The average Bonchev–Trinajstić information content (AvgIpc) is 2.92. The Labute approximate surface area is 147 Å². The average molecular weight is 437 g/mol. The molecule has 3 aromatic rings. The summed E-state index contributed by atoms with van der Waals surface area (Å²) in [5, 5.41) is 19.1. The molecule has 0 amide bonds. The molecule has 0 fully saturated rings. The topological polar surface area (TPSA) is 72.7 Å². The van der Waals surface area contributed by atoms with Gasteiger partial charge in [-0.3, -0.25) is 0 Å². The molecule has 2 aromatic carbocycles. The molecule has 0 unspecified atom stereocenters. The first-order valence-corrected chi connectivity index (χ1v) is 8.02. The summed E-state index contributed by atoms with van der Waals surface area (Å²) in [6, 6.07) is 9.63. The molecule has 0 saturated carbocycles. The van der Waals surface area contributed by atoms with Crippen LogP contribution in [0, 0.1) is 17.1 Å². The Balaban J connectivity index is 2.09. The van der Waals surface area contributed by atoms with Crippen molar-refractivity contribution < 1.29 is 9.50 Å². The number of nitrogens with one attached hydrogen (secondary N) is 1. The Morgan fingerprint density at radius 1 is 1.26 bits per heavy atom. The fourth-order valence-electron chi connectivity index (χ4n) is 2.10. The molecule has 0 aliphatic carbocycles. The van der Waals surface area contributed by atoms with Gasteiger partial charge in [0.15, 0.2) is 0 Å². The van der Waals surface area contributed by atoms with Crippen LogP contribution in [0.5, 0.6) is 5.75 Å². The molecule has 0 aliphatic rings. The molecule has 0 spiro atoms. The van der Waals surface area contributed by atoms with Crippen LogP contribution < -0.4 is 0 Å². The van der Waals surface area contributed by atoms with Crippen molar-refractivity contribution >= 4 is 54.5 Å². The highest BCUT2D eigenvalue weighted by atomic mass is 79.9. The largest absolute Gasteiger partial charge is 0.506 e. The summed E-state index contributed by atoms with van der Waals surface area (Å²) in [4.78, 5) is 7.23. The molecule has 0 atom stereocenters. The van der Waals surface area contributed by atoms with Gasteiger partial charge in [0.05, 0.1) is 25.6 Å². The zero-order valence-corrected chi connectivity index (χ0v) is 14.6. The van der Waals surface area contributed by atoms with Crippen molar-refractivity contribution in [1.29, 1.82) is 5.26 Å². The molecule has 1 aromatic heterocycles. The Bertz CT molecular complexity index is 966. The van der Waals surface area contributed by atoms with E-state index in [0.29, 0.717) is 36.9 Å². The van der Waals surface area contributed by atoms with Crippen LogP contribution >= 0.6 is 31.9 Å². The summed E-state index contributed by atoms with van der Waals surface area (Å²) in [6.07, 6.45) is 1.63. The predicted molar refractivity (Wildman–Crippen MR) is 93.0 cm³/mol. The van der Waals surface area contributed by atoms with Crippen LogP contribution in [0.2, 0.25) is 0 Å². The number of nitriles is 1. The number of phenolic OH excluding ortho intramolecular Hbond substituents is 1. The molecule has 0 aliphatic heterocycles. The van der Waals surface area contributed by atoms with Gasteiger partial charge in [0.1, 0.15) is 23.5 Å². The number of halogens is 3. The normalized spacial score (nSPS) is 11.7. The first-order chi connectivity index (χ1) is 11.0. The van der Waals surface area contributed by atoms with Gasteiger partial charge in [0, 0.05) is 0 Å². The van der Waals surface area contributed by atoms with E-state index in [0.717, 1.165) is 0 Å². The van der Waals surface area contributed by atoms with Gasteiger partial charge in [0.25, 0.3) is 0 Å². The van der Waals surface area contributed by atoms with E-state index < -0.39 is 0 Å². The number of nitrogens with zero attached hydrogens (tertiary/aromatic N) is 2. The number of rotatable bonds is 2. The van der Waals surface area contributed by atoms with E-state index in [1.54, 1.807) is 24.3 Å². The standard InChI is InChI=1S/C16H8Br2FN3O/c17-11-4-8(5-12(18)15(11)23)3-9(7-20)16-21-13-2-1-10(19)6-14(13)22-16/h1-6,23H,(H,21,22)/b9-3-. The van der Waals surface area contributed by atoms with Crippen LogP contribution in [0.1, 0.15) is 11.4 Å².